The number of methoxy groups -OCH3 is 1. The van der Waals surface area contributed by atoms with Crippen molar-refractivity contribution in [2.75, 3.05) is 44.8 Å². The molecule has 3 N–H and O–H groups in total. The Kier molecular flexibility index (Phi) is 7.36. The SMILES string of the molecule is COc1ccc([C@@H]2CN(C(=O)[C@@H](O)CO)C[C@@]2(C)[C@@H](C)O)cc1OC1CN(c2cc(C#N)ccn2)C1. The van der Waals surface area contributed by atoms with E-state index in [0.29, 0.717) is 36.7 Å². The number of likely N-dealkylation sites (tertiary alicyclic amines) is 1. The number of nitriles is 1. The van der Waals surface area contributed by atoms with Gasteiger partial charge in [-0.05, 0) is 36.8 Å². The van der Waals surface area contributed by atoms with Gasteiger partial charge in [0.15, 0.2) is 17.6 Å². The molecule has 0 saturated carbocycles. The average Bonchev–Trinajstić information content (AvgIpc) is 3.23. The molecule has 10 nitrogen and oxygen atoms in total. The van der Waals surface area contributed by atoms with Gasteiger partial charge < -0.3 is 34.6 Å². The Hall–Kier alpha value is -3.39. The standard InChI is InChI=1S/C26H32N4O6/c1-16(32)26(2)15-30(25(34)21(33)14-31)13-20(26)18-4-5-22(35-3)23(9-18)36-19-11-29(12-19)24-8-17(10-27)6-7-28-24/h4-9,16,19-21,31-33H,11-15H2,1-3H3/t16-,20+,21+,26+/m1/s1. The normalized spacial score (nSPS) is 23.5. The van der Waals surface area contributed by atoms with E-state index in [1.807, 2.05) is 30.0 Å². The predicted octanol–water partition coefficient (Wildman–Crippen LogP) is 0.896. The molecule has 0 unspecified atom stereocenters. The van der Waals surface area contributed by atoms with Gasteiger partial charge in [0, 0.05) is 30.6 Å². The van der Waals surface area contributed by atoms with Gasteiger partial charge in [-0.25, -0.2) is 4.98 Å². The van der Waals surface area contributed by atoms with Crippen molar-refractivity contribution in [2.24, 2.45) is 5.41 Å². The van der Waals surface area contributed by atoms with E-state index in [-0.39, 0.29) is 18.6 Å². The maximum Gasteiger partial charge on any atom is 0.253 e. The van der Waals surface area contributed by atoms with Crippen LogP contribution in [0.2, 0.25) is 0 Å². The second kappa shape index (κ2) is 10.3. The number of aliphatic hydroxyl groups excluding tert-OH is 3. The molecular weight excluding hydrogens is 464 g/mol. The summed E-state index contributed by atoms with van der Waals surface area (Å²) in [5.74, 6) is 1.08. The number of ether oxygens (including phenoxy) is 2. The third-order valence-electron chi connectivity index (χ3n) is 7.38. The molecule has 36 heavy (non-hydrogen) atoms. The van der Waals surface area contributed by atoms with Crippen molar-refractivity contribution in [3.8, 4) is 17.6 Å². The number of rotatable bonds is 8. The van der Waals surface area contributed by atoms with E-state index in [1.54, 1.807) is 32.4 Å². The van der Waals surface area contributed by atoms with Crippen LogP contribution in [0.1, 0.15) is 30.9 Å². The molecule has 0 bridgehead atoms. The smallest absolute Gasteiger partial charge is 0.253 e. The number of carbonyl (C=O) groups is 1. The second-order valence-electron chi connectivity index (χ2n) is 9.72. The van der Waals surface area contributed by atoms with E-state index in [0.717, 1.165) is 11.4 Å². The van der Waals surface area contributed by atoms with E-state index in [1.165, 1.54) is 4.90 Å². The second-order valence-corrected chi connectivity index (χ2v) is 9.72. The fraction of sp³-hybridized carbons (Fsp3) is 0.500. The zero-order chi connectivity index (χ0) is 26.0. The molecule has 3 heterocycles. The van der Waals surface area contributed by atoms with E-state index in [4.69, 9.17) is 14.7 Å². The molecule has 4 rings (SSSR count). The van der Waals surface area contributed by atoms with Crippen LogP contribution < -0.4 is 14.4 Å². The summed E-state index contributed by atoms with van der Waals surface area (Å²) in [5, 5.41) is 38.8. The van der Waals surface area contributed by atoms with Crippen molar-refractivity contribution in [1.29, 1.82) is 5.26 Å². The molecule has 2 aliphatic rings. The minimum atomic E-state index is -1.48. The van der Waals surface area contributed by atoms with Gasteiger partial charge >= 0.3 is 0 Å². The van der Waals surface area contributed by atoms with Crippen molar-refractivity contribution >= 4 is 11.7 Å². The van der Waals surface area contributed by atoms with Crippen molar-refractivity contribution in [1.82, 2.24) is 9.88 Å². The predicted molar refractivity (Wildman–Crippen MR) is 131 cm³/mol. The van der Waals surface area contributed by atoms with Crippen molar-refractivity contribution in [2.45, 2.75) is 38.1 Å². The summed E-state index contributed by atoms with van der Waals surface area (Å²) in [6, 6.07) is 11.1. The van der Waals surface area contributed by atoms with Crippen LogP contribution >= 0.6 is 0 Å². The highest BCUT2D eigenvalue weighted by atomic mass is 16.5. The molecule has 0 aliphatic carbocycles. The van der Waals surface area contributed by atoms with Gasteiger partial charge in [0.05, 0.1) is 44.5 Å². The highest BCUT2D eigenvalue weighted by molar-refractivity contribution is 5.81. The molecule has 2 fully saturated rings. The molecule has 0 spiro atoms. The van der Waals surface area contributed by atoms with Crippen LogP contribution in [0.3, 0.4) is 0 Å². The van der Waals surface area contributed by atoms with Crippen LogP contribution in [0.5, 0.6) is 11.5 Å². The number of aliphatic hydroxyl groups is 3. The summed E-state index contributed by atoms with van der Waals surface area (Å²) in [7, 11) is 1.57. The third kappa shape index (κ3) is 4.82. The first-order valence-electron chi connectivity index (χ1n) is 11.9. The van der Waals surface area contributed by atoms with Crippen LogP contribution in [-0.4, -0.2) is 89.3 Å². The Morgan fingerprint density at radius 3 is 2.64 bits per heavy atom. The molecule has 2 aliphatic heterocycles. The summed E-state index contributed by atoms with van der Waals surface area (Å²) < 4.78 is 11.8. The van der Waals surface area contributed by atoms with Crippen LogP contribution in [0, 0.1) is 16.7 Å². The highest BCUT2D eigenvalue weighted by Crippen LogP contribution is 2.47. The van der Waals surface area contributed by atoms with Crippen molar-refractivity contribution < 1.29 is 29.6 Å². The summed E-state index contributed by atoms with van der Waals surface area (Å²) in [4.78, 5) is 20.4. The molecule has 1 aromatic heterocycles. The zero-order valence-corrected chi connectivity index (χ0v) is 20.7. The molecule has 1 aromatic carbocycles. The lowest BCUT2D eigenvalue weighted by atomic mass is 9.72. The maximum atomic E-state index is 12.6. The van der Waals surface area contributed by atoms with Gasteiger partial charge in [0.2, 0.25) is 0 Å². The monoisotopic (exact) mass is 496 g/mol. The van der Waals surface area contributed by atoms with Crippen molar-refractivity contribution in [3.63, 3.8) is 0 Å². The summed E-state index contributed by atoms with van der Waals surface area (Å²) in [6.07, 6.45) is -0.703. The van der Waals surface area contributed by atoms with Crippen LogP contribution in [0.25, 0.3) is 0 Å². The first kappa shape index (κ1) is 25.7. The van der Waals surface area contributed by atoms with Crippen LogP contribution in [-0.2, 0) is 4.79 Å². The molecule has 10 heteroatoms. The van der Waals surface area contributed by atoms with E-state index in [2.05, 4.69) is 11.1 Å². The highest BCUT2D eigenvalue weighted by Gasteiger charge is 2.49. The molecule has 2 saturated heterocycles. The molecular formula is C26H32N4O6. The Morgan fingerprint density at radius 1 is 1.25 bits per heavy atom. The number of hydrogen-bond acceptors (Lipinski definition) is 9. The maximum absolute atomic E-state index is 12.6. The molecule has 4 atom stereocenters. The first-order valence-corrected chi connectivity index (χ1v) is 11.9. The number of nitrogens with zero attached hydrogens (tertiary/aromatic N) is 4. The zero-order valence-electron chi connectivity index (χ0n) is 20.7. The Morgan fingerprint density at radius 2 is 2.00 bits per heavy atom. The lowest BCUT2D eigenvalue weighted by molar-refractivity contribution is -0.141. The molecule has 0 radical (unpaired) electrons. The Labute approximate surface area is 210 Å². The topological polar surface area (TPSA) is 139 Å². The number of carbonyl (C=O) groups excluding carboxylic acids is 1. The fourth-order valence-corrected chi connectivity index (χ4v) is 4.92. The number of amides is 1. The first-order chi connectivity index (χ1) is 17.2. The molecule has 2 aromatic rings. The molecule has 192 valence electrons. The quantitative estimate of drug-likeness (QED) is 0.486. The average molecular weight is 497 g/mol. The van der Waals surface area contributed by atoms with Gasteiger partial charge in [0.1, 0.15) is 11.9 Å². The lowest BCUT2D eigenvalue weighted by Gasteiger charge is -2.40. The van der Waals surface area contributed by atoms with Crippen LogP contribution in [0.15, 0.2) is 36.5 Å². The van der Waals surface area contributed by atoms with Gasteiger partial charge in [0.25, 0.3) is 5.91 Å². The minimum absolute atomic E-state index is 0.105. The number of aromatic nitrogens is 1. The van der Waals surface area contributed by atoms with E-state index >= 15 is 0 Å². The van der Waals surface area contributed by atoms with Gasteiger partial charge in [-0.1, -0.05) is 13.0 Å². The largest absolute Gasteiger partial charge is 0.493 e. The summed E-state index contributed by atoms with van der Waals surface area (Å²) in [5.41, 5.74) is 0.763. The van der Waals surface area contributed by atoms with E-state index in [9.17, 15) is 20.1 Å². The van der Waals surface area contributed by atoms with E-state index < -0.39 is 30.1 Å². The van der Waals surface area contributed by atoms with Gasteiger partial charge in [-0.3, -0.25) is 4.79 Å². The number of anilines is 1. The summed E-state index contributed by atoms with van der Waals surface area (Å²) in [6.45, 7) is 4.71. The van der Waals surface area contributed by atoms with Crippen LogP contribution in [0.4, 0.5) is 5.82 Å². The summed E-state index contributed by atoms with van der Waals surface area (Å²) >= 11 is 0. The van der Waals surface area contributed by atoms with Gasteiger partial charge in [-0.15, -0.1) is 0 Å². The Bertz CT molecular complexity index is 1150. The van der Waals surface area contributed by atoms with Crippen molar-refractivity contribution in [3.05, 3.63) is 47.7 Å². The third-order valence-corrected chi connectivity index (χ3v) is 7.38. The Balaban J connectivity index is 1.52. The minimum Gasteiger partial charge on any atom is -0.493 e. The number of hydrogen-bond donors (Lipinski definition) is 3. The lowest BCUT2D eigenvalue weighted by Crippen LogP contribution is -2.54. The van der Waals surface area contributed by atoms with Gasteiger partial charge in [-0.2, -0.15) is 5.26 Å². The molecule has 1 amide bonds. The fourth-order valence-electron chi connectivity index (χ4n) is 4.92. The number of benzene rings is 1. The number of pyridine rings is 1.